The summed E-state index contributed by atoms with van der Waals surface area (Å²) in [5, 5.41) is 24.0. The van der Waals surface area contributed by atoms with Gasteiger partial charge < -0.3 is 30.4 Å². The highest BCUT2D eigenvalue weighted by Crippen LogP contribution is 2.17. The number of aliphatic hydroxyl groups is 2. The first-order chi connectivity index (χ1) is 12.2. The fourth-order valence-electron chi connectivity index (χ4n) is 1.86. The van der Waals surface area contributed by atoms with Crippen molar-refractivity contribution in [2.45, 2.75) is 6.61 Å². The standard InChI is InChI=1S/C14H15NO6S.CH5N3/c16-5-6-22(19,20)21-14(18)12-7-11(10-17)8-13(9-12)15-3-1-2-4-15;2-1(3)4/h1-4,7-9,16-17H,5-6,10H2;(H5,2,3,4). The van der Waals surface area contributed by atoms with Gasteiger partial charge in [-0.3, -0.25) is 5.41 Å². The molecule has 2 aromatic rings. The van der Waals surface area contributed by atoms with E-state index in [1.807, 2.05) is 0 Å². The lowest BCUT2D eigenvalue weighted by molar-refractivity contribution is 0.0745. The molecule has 1 heterocycles. The predicted octanol–water partition coefficient (Wildman–Crippen LogP) is -0.713. The Balaban J connectivity index is 0.000000765. The number of aliphatic hydroxyl groups excluding tert-OH is 2. The molecular formula is C15H20N4O6S. The summed E-state index contributed by atoms with van der Waals surface area (Å²) in [6, 6.07) is 8.05. The Morgan fingerprint density at radius 1 is 1.15 bits per heavy atom. The molecule has 142 valence electrons. The number of nitrogens with two attached hydrogens (primary N) is 2. The van der Waals surface area contributed by atoms with Crippen LogP contribution in [-0.4, -0.2) is 47.5 Å². The second kappa shape index (κ2) is 9.56. The second-order valence-corrected chi connectivity index (χ2v) is 6.64. The first-order valence-corrected chi connectivity index (χ1v) is 8.81. The van der Waals surface area contributed by atoms with E-state index in [2.05, 4.69) is 15.7 Å². The van der Waals surface area contributed by atoms with Gasteiger partial charge in [-0.15, -0.1) is 0 Å². The van der Waals surface area contributed by atoms with Gasteiger partial charge in [0, 0.05) is 18.1 Å². The van der Waals surface area contributed by atoms with E-state index in [0.29, 0.717) is 11.3 Å². The van der Waals surface area contributed by atoms with Gasteiger partial charge in [-0.05, 0) is 35.9 Å². The van der Waals surface area contributed by atoms with Crippen LogP contribution in [-0.2, 0) is 20.9 Å². The van der Waals surface area contributed by atoms with Crippen molar-refractivity contribution in [2.24, 2.45) is 11.5 Å². The molecule has 10 nitrogen and oxygen atoms in total. The maximum absolute atomic E-state index is 12.0. The topological polar surface area (TPSA) is 182 Å². The Morgan fingerprint density at radius 2 is 1.73 bits per heavy atom. The van der Waals surface area contributed by atoms with E-state index >= 15 is 0 Å². The van der Waals surface area contributed by atoms with Crippen LogP contribution in [0.4, 0.5) is 0 Å². The van der Waals surface area contributed by atoms with E-state index in [9.17, 15) is 18.3 Å². The molecule has 0 bridgehead atoms. The summed E-state index contributed by atoms with van der Waals surface area (Å²) in [4.78, 5) is 12.0. The number of nitrogens with one attached hydrogen (secondary N) is 1. The third-order valence-corrected chi connectivity index (χ3v) is 3.93. The average Bonchev–Trinajstić information content (AvgIpc) is 3.07. The number of carbonyl (C=O) groups excluding carboxylic acids is 1. The van der Waals surface area contributed by atoms with Crippen molar-refractivity contribution in [1.82, 2.24) is 4.57 Å². The minimum Gasteiger partial charge on any atom is -0.395 e. The molecule has 0 saturated heterocycles. The summed E-state index contributed by atoms with van der Waals surface area (Å²) in [7, 11) is -4.13. The third kappa shape index (κ3) is 6.93. The zero-order valence-corrected chi connectivity index (χ0v) is 14.5. The van der Waals surface area contributed by atoms with Gasteiger partial charge in [0.15, 0.2) is 5.96 Å². The molecule has 26 heavy (non-hydrogen) atoms. The number of rotatable bonds is 6. The van der Waals surface area contributed by atoms with Crippen LogP contribution in [0.25, 0.3) is 5.69 Å². The van der Waals surface area contributed by atoms with Crippen molar-refractivity contribution in [3.8, 4) is 5.69 Å². The average molecular weight is 384 g/mol. The van der Waals surface area contributed by atoms with Crippen LogP contribution in [0.1, 0.15) is 15.9 Å². The van der Waals surface area contributed by atoms with Gasteiger partial charge in [0.25, 0.3) is 0 Å². The van der Waals surface area contributed by atoms with Crippen molar-refractivity contribution in [3.63, 3.8) is 0 Å². The van der Waals surface area contributed by atoms with Gasteiger partial charge in [-0.1, -0.05) is 0 Å². The maximum atomic E-state index is 12.0. The summed E-state index contributed by atoms with van der Waals surface area (Å²) >= 11 is 0. The zero-order valence-electron chi connectivity index (χ0n) is 13.7. The van der Waals surface area contributed by atoms with E-state index < -0.39 is 28.4 Å². The molecule has 0 atom stereocenters. The summed E-state index contributed by atoms with van der Waals surface area (Å²) in [6.45, 7) is -0.945. The molecule has 0 aliphatic heterocycles. The van der Waals surface area contributed by atoms with E-state index in [1.54, 1.807) is 35.2 Å². The van der Waals surface area contributed by atoms with Gasteiger partial charge in [0.05, 0.1) is 18.8 Å². The van der Waals surface area contributed by atoms with Crippen LogP contribution in [0.15, 0.2) is 42.7 Å². The van der Waals surface area contributed by atoms with E-state index in [0.717, 1.165) is 0 Å². The molecule has 0 saturated carbocycles. The number of nitrogens with zero attached hydrogens (tertiary/aromatic N) is 1. The number of guanidine groups is 1. The van der Waals surface area contributed by atoms with E-state index in [4.69, 9.17) is 10.5 Å². The van der Waals surface area contributed by atoms with Crippen LogP contribution in [0, 0.1) is 5.41 Å². The van der Waals surface area contributed by atoms with Crippen LogP contribution in [0.5, 0.6) is 0 Å². The number of carbonyl (C=O) groups is 1. The zero-order chi connectivity index (χ0) is 19.7. The molecule has 0 amide bonds. The van der Waals surface area contributed by atoms with Crippen molar-refractivity contribution < 1.29 is 27.6 Å². The molecule has 1 aromatic carbocycles. The molecule has 7 N–H and O–H groups in total. The normalized spacial score (nSPS) is 10.5. The SMILES string of the molecule is N=C(N)N.O=C(OS(=O)(=O)CCO)c1cc(CO)cc(-n2cccc2)c1. The van der Waals surface area contributed by atoms with Crippen LogP contribution in [0.2, 0.25) is 0 Å². The minimum atomic E-state index is -4.13. The Kier molecular flexibility index (Phi) is 7.77. The molecule has 0 aliphatic rings. The van der Waals surface area contributed by atoms with Crippen molar-refractivity contribution >= 4 is 22.0 Å². The molecule has 0 unspecified atom stereocenters. The Hall–Kier alpha value is -2.89. The van der Waals surface area contributed by atoms with Crippen LogP contribution in [0.3, 0.4) is 0 Å². The van der Waals surface area contributed by atoms with Crippen molar-refractivity contribution in [2.75, 3.05) is 12.4 Å². The lowest BCUT2D eigenvalue weighted by Gasteiger charge is -2.09. The molecular weight excluding hydrogens is 364 g/mol. The first-order valence-electron chi connectivity index (χ1n) is 7.23. The number of benzene rings is 1. The Morgan fingerprint density at radius 3 is 2.23 bits per heavy atom. The fourth-order valence-corrected chi connectivity index (χ4v) is 2.49. The van der Waals surface area contributed by atoms with Crippen molar-refractivity contribution in [3.05, 3.63) is 53.9 Å². The van der Waals surface area contributed by atoms with Gasteiger partial charge in [-0.25, -0.2) is 4.79 Å². The van der Waals surface area contributed by atoms with E-state index in [-0.39, 0.29) is 18.1 Å². The Bertz CT molecular complexity index is 845. The summed E-state index contributed by atoms with van der Waals surface area (Å²) in [5.41, 5.74) is 9.97. The van der Waals surface area contributed by atoms with E-state index in [1.165, 1.54) is 12.1 Å². The van der Waals surface area contributed by atoms with Gasteiger partial charge >= 0.3 is 16.1 Å². The molecule has 0 spiro atoms. The second-order valence-electron chi connectivity index (χ2n) is 4.95. The largest absolute Gasteiger partial charge is 0.395 e. The lowest BCUT2D eigenvalue weighted by atomic mass is 10.1. The lowest BCUT2D eigenvalue weighted by Crippen LogP contribution is -2.20. The molecule has 11 heteroatoms. The highest BCUT2D eigenvalue weighted by Gasteiger charge is 2.19. The Labute approximate surface area is 150 Å². The minimum absolute atomic E-state index is 0.00300. The van der Waals surface area contributed by atoms with Gasteiger partial charge in [0.1, 0.15) is 5.75 Å². The van der Waals surface area contributed by atoms with Crippen LogP contribution < -0.4 is 11.5 Å². The number of aromatic nitrogens is 1. The smallest absolute Gasteiger partial charge is 0.353 e. The quantitative estimate of drug-likeness (QED) is 0.246. The van der Waals surface area contributed by atoms with Crippen LogP contribution >= 0.6 is 0 Å². The summed E-state index contributed by atoms with van der Waals surface area (Å²) in [6.07, 6.45) is 3.49. The number of hydrogen-bond acceptors (Lipinski definition) is 7. The predicted molar refractivity (Wildman–Crippen MR) is 94.1 cm³/mol. The van der Waals surface area contributed by atoms with Gasteiger partial charge in [-0.2, -0.15) is 8.42 Å². The molecule has 0 radical (unpaired) electrons. The molecule has 0 aliphatic carbocycles. The highest BCUT2D eigenvalue weighted by molar-refractivity contribution is 7.87. The monoisotopic (exact) mass is 384 g/mol. The summed E-state index contributed by atoms with van der Waals surface area (Å²) in [5.74, 6) is -2.06. The third-order valence-electron chi connectivity index (χ3n) is 2.84. The number of hydrogen-bond donors (Lipinski definition) is 5. The first kappa shape index (κ1) is 21.2. The van der Waals surface area contributed by atoms with Gasteiger partial charge in [0.2, 0.25) is 0 Å². The highest BCUT2D eigenvalue weighted by atomic mass is 32.2. The molecule has 0 fully saturated rings. The molecule has 1 aromatic heterocycles. The fraction of sp³-hybridized carbons (Fsp3) is 0.200. The maximum Gasteiger partial charge on any atom is 0.353 e. The summed E-state index contributed by atoms with van der Waals surface area (Å²) < 4.78 is 29.0. The molecule has 2 rings (SSSR count). The van der Waals surface area contributed by atoms with Crippen molar-refractivity contribution in [1.29, 1.82) is 5.41 Å².